The molecule has 0 amide bonds. The molecule has 0 aliphatic carbocycles. The van der Waals surface area contributed by atoms with Gasteiger partial charge < -0.3 is 0 Å². The third-order valence-corrected chi connectivity index (χ3v) is 3.33. The average molecular weight is 248 g/mol. The molecule has 0 aromatic heterocycles. The maximum atomic E-state index is 11.8. The fraction of sp³-hybridized carbons (Fsp3) is 0.286. The first-order valence-corrected chi connectivity index (χ1v) is 6.39. The lowest BCUT2D eigenvalue weighted by atomic mass is 10.0. The van der Waals surface area contributed by atoms with Crippen LogP contribution in [-0.4, -0.2) is 11.6 Å². The van der Waals surface area contributed by atoms with Crippen LogP contribution in [0, 0.1) is 6.92 Å². The largest absolute Gasteiger partial charge is 0.299 e. The van der Waals surface area contributed by atoms with Gasteiger partial charge in [0.1, 0.15) is 5.78 Å². The lowest BCUT2D eigenvalue weighted by molar-refractivity contribution is -0.117. The molecule has 0 spiro atoms. The average Bonchev–Trinajstić information content (AvgIpc) is 2.32. The Labute approximate surface area is 106 Å². The molecule has 0 bridgehead atoms. The van der Waals surface area contributed by atoms with Crippen molar-refractivity contribution in [3.05, 3.63) is 41.3 Å². The van der Waals surface area contributed by atoms with E-state index in [-0.39, 0.29) is 18.0 Å². The molecule has 0 unspecified atom stereocenters. The summed E-state index contributed by atoms with van der Waals surface area (Å²) in [4.78, 5) is 24.1. The molecule has 1 aromatic carbocycles. The summed E-state index contributed by atoms with van der Waals surface area (Å²) < 4.78 is 0. The van der Waals surface area contributed by atoms with Gasteiger partial charge in [-0.25, -0.2) is 0 Å². The summed E-state index contributed by atoms with van der Waals surface area (Å²) >= 11 is 1.48. The van der Waals surface area contributed by atoms with Crippen molar-refractivity contribution in [2.45, 2.75) is 31.6 Å². The number of benzene rings is 1. The number of hydrogen-bond donors (Lipinski definition) is 0. The van der Waals surface area contributed by atoms with Crippen molar-refractivity contribution in [3.8, 4) is 0 Å². The Morgan fingerprint density at radius 2 is 2.12 bits per heavy atom. The van der Waals surface area contributed by atoms with Gasteiger partial charge in [-0.2, -0.15) is 0 Å². The zero-order valence-corrected chi connectivity index (χ0v) is 11.0. The Kier molecular flexibility index (Phi) is 5.16. The van der Waals surface area contributed by atoms with E-state index in [4.69, 9.17) is 0 Å². The standard InChI is InChI=1S/C14H16O2S/c1-4-12(15)9-13(16)11-7-6-10(3)14(8-11)17-5-2/h5-8H,2,4,9H2,1,3H3. The highest BCUT2D eigenvalue weighted by Crippen LogP contribution is 2.24. The Balaban J connectivity index is 2.91. The molecular formula is C14H16O2S. The molecule has 0 aliphatic rings. The highest BCUT2D eigenvalue weighted by Gasteiger charge is 2.11. The second-order valence-corrected chi connectivity index (χ2v) is 4.77. The van der Waals surface area contributed by atoms with Crippen LogP contribution < -0.4 is 0 Å². The van der Waals surface area contributed by atoms with Gasteiger partial charge in [-0.15, -0.1) is 0 Å². The number of hydrogen-bond acceptors (Lipinski definition) is 3. The normalized spacial score (nSPS) is 10.0. The van der Waals surface area contributed by atoms with E-state index in [2.05, 4.69) is 6.58 Å². The molecular weight excluding hydrogens is 232 g/mol. The van der Waals surface area contributed by atoms with Crippen molar-refractivity contribution in [2.24, 2.45) is 0 Å². The SMILES string of the molecule is C=CSc1cc(C(=O)CC(=O)CC)ccc1C. The molecule has 0 radical (unpaired) electrons. The van der Waals surface area contributed by atoms with Crippen LogP contribution in [0.4, 0.5) is 0 Å². The first kappa shape index (κ1) is 13.7. The fourth-order valence-corrected chi connectivity index (χ4v) is 2.02. The maximum Gasteiger partial charge on any atom is 0.170 e. The molecule has 0 aliphatic heterocycles. The third-order valence-electron chi connectivity index (χ3n) is 2.47. The summed E-state index contributed by atoms with van der Waals surface area (Å²) in [6.45, 7) is 7.41. The number of ketones is 2. The highest BCUT2D eigenvalue weighted by atomic mass is 32.2. The van der Waals surface area contributed by atoms with Gasteiger partial charge in [-0.3, -0.25) is 9.59 Å². The Hall–Kier alpha value is -1.35. The molecule has 0 heterocycles. The first-order valence-electron chi connectivity index (χ1n) is 5.51. The van der Waals surface area contributed by atoms with E-state index in [1.807, 2.05) is 19.1 Å². The second kappa shape index (κ2) is 6.40. The first-order chi connectivity index (χ1) is 8.08. The van der Waals surface area contributed by atoms with Gasteiger partial charge in [0.05, 0.1) is 6.42 Å². The minimum Gasteiger partial charge on any atom is -0.299 e. The number of thioether (sulfide) groups is 1. The molecule has 0 fully saturated rings. The van der Waals surface area contributed by atoms with Gasteiger partial charge in [0.15, 0.2) is 5.78 Å². The van der Waals surface area contributed by atoms with Gasteiger partial charge in [0.2, 0.25) is 0 Å². The smallest absolute Gasteiger partial charge is 0.170 e. The van der Waals surface area contributed by atoms with Gasteiger partial charge in [-0.1, -0.05) is 37.4 Å². The van der Waals surface area contributed by atoms with Crippen LogP contribution in [0.25, 0.3) is 0 Å². The monoisotopic (exact) mass is 248 g/mol. The Morgan fingerprint density at radius 1 is 1.41 bits per heavy atom. The minimum absolute atomic E-state index is 0.00223. The van der Waals surface area contributed by atoms with Gasteiger partial charge in [-0.05, 0) is 24.0 Å². The van der Waals surface area contributed by atoms with Crippen molar-refractivity contribution in [2.75, 3.05) is 0 Å². The minimum atomic E-state index is -0.109. The summed E-state index contributed by atoms with van der Waals surface area (Å²) in [6.07, 6.45) is 0.406. The third kappa shape index (κ3) is 3.86. The predicted molar refractivity (Wildman–Crippen MR) is 71.5 cm³/mol. The van der Waals surface area contributed by atoms with Gasteiger partial charge >= 0.3 is 0 Å². The predicted octanol–water partition coefficient (Wildman–Crippen LogP) is 3.78. The Bertz CT molecular complexity index is 450. The molecule has 90 valence electrons. The number of aryl methyl sites for hydroxylation is 1. The van der Waals surface area contributed by atoms with E-state index < -0.39 is 0 Å². The van der Waals surface area contributed by atoms with E-state index in [1.54, 1.807) is 18.4 Å². The summed E-state index contributed by atoms with van der Waals surface area (Å²) in [5.41, 5.74) is 1.70. The van der Waals surface area contributed by atoms with Crippen molar-refractivity contribution in [1.82, 2.24) is 0 Å². The van der Waals surface area contributed by atoms with Gasteiger partial charge in [0, 0.05) is 16.9 Å². The van der Waals surface area contributed by atoms with E-state index in [0.29, 0.717) is 12.0 Å². The molecule has 1 aromatic rings. The zero-order valence-electron chi connectivity index (χ0n) is 10.2. The second-order valence-electron chi connectivity index (χ2n) is 3.76. The summed E-state index contributed by atoms with van der Waals surface area (Å²) in [6, 6.07) is 5.50. The molecule has 1 rings (SSSR count). The van der Waals surface area contributed by atoms with E-state index in [1.165, 1.54) is 11.8 Å². The summed E-state index contributed by atoms with van der Waals surface area (Å²) in [5.74, 6) is -0.128. The lowest BCUT2D eigenvalue weighted by Crippen LogP contribution is -2.07. The molecule has 17 heavy (non-hydrogen) atoms. The van der Waals surface area contributed by atoms with Crippen LogP contribution in [0.2, 0.25) is 0 Å². The van der Waals surface area contributed by atoms with Crippen molar-refractivity contribution < 1.29 is 9.59 Å². The van der Waals surface area contributed by atoms with E-state index in [0.717, 1.165) is 10.5 Å². The molecule has 0 saturated heterocycles. The number of carbonyl (C=O) groups excluding carboxylic acids is 2. The van der Waals surface area contributed by atoms with E-state index >= 15 is 0 Å². The molecule has 2 nitrogen and oxygen atoms in total. The Morgan fingerprint density at radius 3 is 2.71 bits per heavy atom. The van der Waals surface area contributed by atoms with Crippen LogP contribution in [0.1, 0.15) is 35.7 Å². The van der Waals surface area contributed by atoms with Crippen LogP contribution in [0.5, 0.6) is 0 Å². The summed E-state index contributed by atoms with van der Waals surface area (Å²) in [7, 11) is 0. The maximum absolute atomic E-state index is 11.8. The van der Waals surface area contributed by atoms with Crippen LogP contribution in [0.15, 0.2) is 35.1 Å². The van der Waals surface area contributed by atoms with Crippen LogP contribution >= 0.6 is 11.8 Å². The van der Waals surface area contributed by atoms with Crippen molar-refractivity contribution in [1.29, 1.82) is 0 Å². The van der Waals surface area contributed by atoms with Crippen LogP contribution in [0.3, 0.4) is 0 Å². The molecule has 0 atom stereocenters. The fourth-order valence-electron chi connectivity index (χ4n) is 1.40. The topological polar surface area (TPSA) is 34.1 Å². The highest BCUT2D eigenvalue weighted by molar-refractivity contribution is 8.02. The summed E-state index contributed by atoms with van der Waals surface area (Å²) in [5, 5.41) is 1.73. The van der Waals surface area contributed by atoms with Crippen molar-refractivity contribution in [3.63, 3.8) is 0 Å². The van der Waals surface area contributed by atoms with Crippen molar-refractivity contribution >= 4 is 23.3 Å². The molecule has 0 saturated carbocycles. The number of carbonyl (C=O) groups is 2. The molecule has 3 heteroatoms. The van der Waals surface area contributed by atoms with Crippen LogP contribution in [-0.2, 0) is 4.79 Å². The van der Waals surface area contributed by atoms with E-state index in [9.17, 15) is 9.59 Å². The lowest BCUT2D eigenvalue weighted by Gasteiger charge is -2.05. The number of Topliss-reactive ketones (excluding diaryl/α,β-unsaturated/α-hetero) is 2. The number of rotatable bonds is 6. The van der Waals surface area contributed by atoms with Gasteiger partial charge in [0.25, 0.3) is 0 Å². The zero-order chi connectivity index (χ0) is 12.8. The quantitative estimate of drug-likeness (QED) is 0.436. The molecule has 0 N–H and O–H groups in total.